The third-order valence-corrected chi connectivity index (χ3v) is 4.10. The molecule has 2 aromatic rings. The van der Waals surface area contributed by atoms with E-state index in [1.54, 1.807) is 25.3 Å². The number of piperazine rings is 1. The lowest BCUT2D eigenvalue weighted by molar-refractivity contribution is -0.156. The van der Waals surface area contributed by atoms with Crippen molar-refractivity contribution in [2.24, 2.45) is 0 Å². The third kappa shape index (κ3) is 3.56. The zero-order valence-electron chi connectivity index (χ0n) is 14.2. The second-order valence-corrected chi connectivity index (χ2v) is 5.78. The molecule has 0 unspecified atom stereocenters. The predicted molar refractivity (Wildman–Crippen MR) is 91.0 cm³/mol. The van der Waals surface area contributed by atoms with Crippen LogP contribution in [0.2, 0.25) is 0 Å². The van der Waals surface area contributed by atoms with Crippen LogP contribution in [0.1, 0.15) is 6.92 Å². The normalized spacial score (nSPS) is 14.7. The van der Waals surface area contributed by atoms with Gasteiger partial charge < -0.3 is 15.1 Å². The standard InChI is InChI=1S/C17H18FN5O3/c1-2-21-8-9-22(17(26)16(21)25)11-15(24)20-12-4-5-14(13(18)10-12)23-7-3-6-19-23/h3-7,10H,2,8-9,11H2,1H3,(H,20,24). The molecule has 0 bridgehead atoms. The number of hydrogen-bond acceptors (Lipinski definition) is 4. The van der Waals surface area contributed by atoms with Gasteiger partial charge in [-0.2, -0.15) is 5.10 Å². The van der Waals surface area contributed by atoms with Crippen LogP contribution in [0.25, 0.3) is 5.69 Å². The molecule has 0 saturated carbocycles. The third-order valence-electron chi connectivity index (χ3n) is 4.10. The molecule has 8 nitrogen and oxygen atoms in total. The molecule has 3 rings (SSSR count). The molecule has 3 amide bonds. The van der Waals surface area contributed by atoms with Crippen LogP contribution in [-0.4, -0.2) is 63.5 Å². The summed E-state index contributed by atoms with van der Waals surface area (Å²) in [6.45, 7) is 2.66. The van der Waals surface area contributed by atoms with E-state index in [0.29, 0.717) is 19.6 Å². The van der Waals surface area contributed by atoms with E-state index in [1.807, 2.05) is 0 Å². The number of nitrogens with one attached hydrogen (secondary N) is 1. The van der Waals surface area contributed by atoms with Gasteiger partial charge in [-0.3, -0.25) is 14.4 Å². The van der Waals surface area contributed by atoms with Crippen molar-refractivity contribution in [3.63, 3.8) is 0 Å². The zero-order chi connectivity index (χ0) is 18.7. The number of halogens is 1. The molecule has 1 aliphatic heterocycles. The highest BCUT2D eigenvalue weighted by atomic mass is 19.1. The number of aromatic nitrogens is 2. The smallest absolute Gasteiger partial charge is 0.312 e. The Hall–Kier alpha value is -3.23. The van der Waals surface area contributed by atoms with Gasteiger partial charge in [0.2, 0.25) is 5.91 Å². The molecule has 0 radical (unpaired) electrons. The fourth-order valence-electron chi connectivity index (χ4n) is 2.72. The topological polar surface area (TPSA) is 87.5 Å². The van der Waals surface area contributed by atoms with E-state index >= 15 is 0 Å². The van der Waals surface area contributed by atoms with Gasteiger partial charge in [0, 0.05) is 37.7 Å². The summed E-state index contributed by atoms with van der Waals surface area (Å²) in [7, 11) is 0. The highest BCUT2D eigenvalue weighted by molar-refractivity contribution is 6.35. The van der Waals surface area contributed by atoms with Crippen LogP contribution in [0.5, 0.6) is 0 Å². The first kappa shape index (κ1) is 17.6. The van der Waals surface area contributed by atoms with Crippen LogP contribution in [-0.2, 0) is 14.4 Å². The molecule has 0 atom stereocenters. The first-order valence-electron chi connectivity index (χ1n) is 8.17. The maximum Gasteiger partial charge on any atom is 0.312 e. The molecule has 1 aliphatic rings. The lowest BCUT2D eigenvalue weighted by atomic mass is 10.2. The molecular weight excluding hydrogens is 341 g/mol. The van der Waals surface area contributed by atoms with Crippen molar-refractivity contribution >= 4 is 23.4 Å². The summed E-state index contributed by atoms with van der Waals surface area (Å²) in [5.41, 5.74) is 0.513. The summed E-state index contributed by atoms with van der Waals surface area (Å²) < 4.78 is 15.6. The molecule has 0 spiro atoms. The maximum absolute atomic E-state index is 14.2. The Labute approximate surface area is 149 Å². The number of benzene rings is 1. The van der Waals surface area contributed by atoms with Crippen LogP contribution < -0.4 is 5.32 Å². The number of carbonyl (C=O) groups is 3. The van der Waals surface area contributed by atoms with Crippen molar-refractivity contribution in [3.05, 3.63) is 42.5 Å². The van der Waals surface area contributed by atoms with Crippen molar-refractivity contribution in [1.29, 1.82) is 0 Å². The average molecular weight is 359 g/mol. The second kappa shape index (κ2) is 7.34. The zero-order valence-corrected chi connectivity index (χ0v) is 14.2. The van der Waals surface area contributed by atoms with Crippen LogP contribution in [0.3, 0.4) is 0 Å². The number of anilines is 1. The molecule has 0 aliphatic carbocycles. The predicted octanol–water partition coefficient (Wildman–Crippen LogP) is 0.641. The van der Waals surface area contributed by atoms with Gasteiger partial charge in [0.25, 0.3) is 0 Å². The fraction of sp³-hybridized carbons (Fsp3) is 0.294. The molecule has 1 fully saturated rings. The number of hydrogen-bond donors (Lipinski definition) is 1. The lowest BCUT2D eigenvalue weighted by Gasteiger charge is -2.32. The van der Waals surface area contributed by atoms with Crippen molar-refractivity contribution in [2.45, 2.75) is 6.92 Å². The van der Waals surface area contributed by atoms with Crippen molar-refractivity contribution in [2.75, 3.05) is 31.5 Å². The van der Waals surface area contributed by atoms with Crippen molar-refractivity contribution in [3.8, 4) is 5.69 Å². The summed E-state index contributed by atoms with van der Waals surface area (Å²) in [6, 6.07) is 5.88. The van der Waals surface area contributed by atoms with Gasteiger partial charge in [0.15, 0.2) is 5.82 Å². The van der Waals surface area contributed by atoms with Gasteiger partial charge in [0.05, 0.1) is 0 Å². The van der Waals surface area contributed by atoms with E-state index in [2.05, 4.69) is 10.4 Å². The highest BCUT2D eigenvalue weighted by Crippen LogP contribution is 2.17. The molecule has 2 heterocycles. The van der Waals surface area contributed by atoms with Gasteiger partial charge in [-0.1, -0.05) is 0 Å². The quantitative estimate of drug-likeness (QED) is 0.794. The fourth-order valence-corrected chi connectivity index (χ4v) is 2.72. The molecule has 1 N–H and O–H groups in total. The van der Waals surface area contributed by atoms with Crippen molar-refractivity contribution in [1.82, 2.24) is 19.6 Å². The SMILES string of the molecule is CCN1CCN(CC(=O)Nc2ccc(-n3cccn3)c(F)c2)C(=O)C1=O. The Bertz CT molecular complexity index is 837. The monoisotopic (exact) mass is 359 g/mol. The molecule has 1 saturated heterocycles. The van der Waals surface area contributed by atoms with E-state index in [0.717, 1.165) is 0 Å². The number of likely N-dealkylation sites (N-methyl/N-ethyl adjacent to an activating group) is 1. The summed E-state index contributed by atoms with van der Waals surface area (Å²) >= 11 is 0. The Kier molecular flexibility index (Phi) is 4.97. The maximum atomic E-state index is 14.2. The number of amides is 3. The average Bonchev–Trinajstić information content (AvgIpc) is 3.13. The van der Waals surface area contributed by atoms with Crippen LogP contribution in [0.15, 0.2) is 36.7 Å². The Morgan fingerprint density at radius 2 is 1.96 bits per heavy atom. The summed E-state index contributed by atoms with van der Waals surface area (Å²) in [4.78, 5) is 38.6. The number of rotatable bonds is 5. The van der Waals surface area contributed by atoms with E-state index in [9.17, 15) is 18.8 Å². The highest BCUT2D eigenvalue weighted by Gasteiger charge is 2.32. The van der Waals surface area contributed by atoms with Gasteiger partial charge in [-0.15, -0.1) is 0 Å². The molecule has 1 aromatic heterocycles. The molecule has 9 heteroatoms. The Morgan fingerprint density at radius 1 is 1.23 bits per heavy atom. The summed E-state index contributed by atoms with van der Waals surface area (Å²) in [6.07, 6.45) is 3.14. The summed E-state index contributed by atoms with van der Waals surface area (Å²) in [5, 5.41) is 6.49. The van der Waals surface area contributed by atoms with Crippen molar-refractivity contribution < 1.29 is 18.8 Å². The van der Waals surface area contributed by atoms with Gasteiger partial charge in [0.1, 0.15) is 12.2 Å². The van der Waals surface area contributed by atoms with Crippen LogP contribution in [0.4, 0.5) is 10.1 Å². The Morgan fingerprint density at radius 3 is 2.62 bits per heavy atom. The van der Waals surface area contributed by atoms with Crippen LogP contribution in [0, 0.1) is 5.82 Å². The lowest BCUT2D eigenvalue weighted by Crippen LogP contribution is -2.55. The second-order valence-electron chi connectivity index (χ2n) is 5.78. The van der Waals surface area contributed by atoms with E-state index in [-0.39, 0.29) is 17.9 Å². The van der Waals surface area contributed by atoms with Gasteiger partial charge >= 0.3 is 11.8 Å². The summed E-state index contributed by atoms with van der Waals surface area (Å²) in [5.74, 6) is -2.36. The molecule has 1 aromatic carbocycles. The largest absolute Gasteiger partial charge is 0.333 e. The van der Waals surface area contributed by atoms with Gasteiger partial charge in [-0.05, 0) is 31.2 Å². The van der Waals surface area contributed by atoms with Gasteiger partial charge in [-0.25, -0.2) is 9.07 Å². The van der Waals surface area contributed by atoms with E-state index < -0.39 is 23.5 Å². The minimum absolute atomic E-state index is 0.254. The number of nitrogens with zero attached hydrogens (tertiary/aromatic N) is 4. The first-order valence-corrected chi connectivity index (χ1v) is 8.17. The number of carbonyl (C=O) groups excluding carboxylic acids is 3. The van der Waals surface area contributed by atoms with E-state index in [1.165, 1.54) is 32.8 Å². The Balaban J connectivity index is 1.63. The van der Waals surface area contributed by atoms with E-state index in [4.69, 9.17) is 0 Å². The molecule has 26 heavy (non-hydrogen) atoms. The first-order chi connectivity index (χ1) is 12.5. The minimum Gasteiger partial charge on any atom is -0.333 e. The molecule has 136 valence electrons. The molecular formula is C17H18FN5O3. The van der Waals surface area contributed by atoms with Crippen LogP contribution >= 0.6 is 0 Å². The minimum atomic E-state index is -0.700.